The SMILES string of the molecule is O=C(Nc1cn2cc(-c3c(CO)ccc4[nH]cnc34)ccc2n1)C1CC1. The summed E-state index contributed by atoms with van der Waals surface area (Å²) in [4.78, 5) is 23.9. The number of aromatic nitrogens is 4. The summed E-state index contributed by atoms with van der Waals surface area (Å²) in [7, 11) is 0. The van der Waals surface area contributed by atoms with Gasteiger partial charge in [-0.15, -0.1) is 0 Å². The molecule has 0 atom stereocenters. The number of nitrogens with zero attached hydrogens (tertiary/aromatic N) is 3. The summed E-state index contributed by atoms with van der Waals surface area (Å²) in [5.41, 5.74) is 5.12. The maximum atomic E-state index is 11.9. The van der Waals surface area contributed by atoms with Gasteiger partial charge in [0.05, 0.1) is 30.2 Å². The summed E-state index contributed by atoms with van der Waals surface area (Å²) in [6.07, 6.45) is 7.32. The molecule has 1 fully saturated rings. The van der Waals surface area contributed by atoms with Crippen molar-refractivity contribution in [2.45, 2.75) is 19.4 Å². The van der Waals surface area contributed by atoms with Gasteiger partial charge in [-0.05, 0) is 36.6 Å². The molecule has 1 aliphatic carbocycles. The smallest absolute Gasteiger partial charge is 0.228 e. The Morgan fingerprint density at radius 1 is 1.27 bits per heavy atom. The standard InChI is InChI=1S/C19H17N5O2/c25-9-13-3-5-14-18(21-10-20-14)17(13)12-4-6-16-22-15(8-24(16)7-12)23-19(26)11-1-2-11/h3-8,10-11,25H,1-2,9H2,(H,20,21)(H,23,26). The Kier molecular flexibility index (Phi) is 3.29. The number of carbonyl (C=O) groups excluding carboxylic acids is 1. The largest absolute Gasteiger partial charge is 0.392 e. The first-order valence-electron chi connectivity index (χ1n) is 8.59. The van der Waals surface area contributed by atoms with E-state index in [-0.39, 0.29) is 18.4 Å². The Hall–Kier alpha value is -3.19. The molecular weight excluding hydrogens is 330 g/mol. The molecule has 3 heterocycles. The highest BCUT2D eigenvalue weighted by molar-refractivity contribution is 5.94. The second-order valence-corrected chi connectivity index (χ2v) is 6.63. The molecule has 0 unspecified atom stereocenters. The fraction of sp³-hybridized carbons (Fsp3) is 0.211. The molecule has 7 heteroatoms. The van der Waals surface area contributed by atoms with Gasteiger partial charge < -0.3 is 19.8 Å². The number of benzene rings is 1. The van der Waals surface area contributed by atoms with E-state index in [2.05, 4.69) is 20.3 Å². The predicted octanol–water partition coefficient (Wildman–Crippen LogP) is 2.72. The molecule has 0 aliphatic heterocycles. The minimum Gasteiger partial charge on any atom is -0.392 e. The van der Waals surface area contributed by atoms with Crippen molar-refractivity contribution in [2.24, 2.45) is 5.92 Å². The van der Waals surface area contributed by atoms with E-state index in [0.717, 1.165) is 46.2 Å². The number of aliphatic hydroxyl groups excluding tert-OH is 1. The van der Waals surface area contributed by atoms with E-state index in [9.17, 15) is 9.90 Å². The highest BCUT2D eigenvalue weighted by atomic mass is 16.3. The van der Waals surface area contributed by atoms with E-state index < -0.39 is 0 Å². The number of hydrogen-bond acceptors (Lipinski definition) is 4. The van der Waals surface area contributed by atoms with Gasteiger partial charge in [0.15, 0.2) is 5.82 Å². The fourth-order valence-corrected chi connectivity index (χ4v) is 3.28. The summed E-state index contributed by atoms with van der Waals surface area (Å²) >= 11 is 0. The summed E-state index contributed by atoms with van der Waals surface area (Å²) < 4.78 is 1.88. The molecule has 1 amide bonds. The first-order chi connectivity index (χ1) is 12.7. The average molecular weight is 347 g/mol. The van der Waals surface area contributed by atoms with Crippen LogP contribution in [0, 0.1) is 5.92 Å². The van der Waals surface area contributed by atoms with Gasteiger partial charge in [0.2, 0.25) is 5.91 Å². The highest BCUT2D eigenvalue weighted by Crippen LogP contribution is 2.32. The lowest BCUT2D eigenvalue weighted by Crippen LogP contribution is -2.13. The van der Waals surface area contributed by atoms with Crippen LogP contribution < -0.4 is 5.32 Å². The molecule has 1 saturated carbocycles. The topological polar surface area (TPSA) is 95.3 Å². The molecule has 26 heavy (non-hydrogen) atoms. The van der Waals surface area contributed by atoms with Crippen LogP contribution in [0.4, 0.5) is 5.82 Å². The van der Waals surface area contributed by atoms with Crippen molar-refractivity contribution >= 4 is 28.4 Å². The third-order valence-corrected chi connectivity index (χ3v) is 4.79. The number of nitrogens with one attached hydrogen (secondary N) is 2. The third-order valence-electron chi connectivity index (χ3n) is 4.79. The fourth-order valence-electron chi connectivity index (χ4n) is 3.28. The molecule has 5 rings (SSSR count). The van der Waals surface area contributed by atoms with Gasteiger partial charge >= 0.3 is 0 Å². The minimum atomic E-state index is -0.0667. The molecule has 0 spiro atoms. The van der Waals surface area contributed by atoms with E-state index in [1.807, 2.05) is 41.1 Å². The molecule has 0 radical (unpaired) electrons. The van der Waals surface area contributed by atoms with Crippen LogP contribution in [0.15, 0.2) is 43.0 Å². The van der Waals surface area contributed by atoms with E-state index in [1.54, 1.807) is 6.33 Å². The van der Waals surface area contributed by atoms with Crippen molar-refractivity contribution in [1.82, 2.24) is 19.4 Å². The van der Waals surface area contributed by atoms with Crippen molar-refractivity contribution in [1.29, 1.82) is 0 Å². The number of pyridine rings is 1. The summed E-state index contributed by atoms with van der Waals surface area (Å²) in [5.74, 6) is 0.733. The monoisotopic (exact) mass is 347 g/mol. The second-order valence-electron chi connectivity index (χ2n) is 6.63. The average Bonchev–Trinajstić information content (AvgIpc) is 3.26. The summed E-state index contributed by atoms with van der Waals surface area (Å²) in [6, 6.07) is 7.67. The van der Waals surface area contributed by atoms with Gasteiger partial charge in [0.25, 0.3) is 0 Å². The van der Waals surface area contributed by atoms with Crippen molar-refractivity contribution in [3.8, 4) is 11.1 Å². The molecule has 130 valence electrons. The van der Waals surface area contributed by atoms with E-state index in [1.165, 1.54) is 0 Å². The Morgan fingerprint density at radius 3 is 2.96 bits per heavy atom. The Morgan fingerprint density at radius 2 is 2.15 bits per heavy atom. The number of fused-ring (bicyclic) bond motifs is 2. The molecule has 7 nitrogen and oxygen atoms in total. The zero-order valence-electron chi connectivity index (χ0n) is 13.9. The minimum absolute atomic E-state index is 0.0393. The van der Waals surface area contributed by atoms with Crippen LogP contribution in [0.3, 0.4) is 0 Å². The van der Waals surface area contributed by atoms with E-state index in [0.29, 0.717) is 5.82 Å². The lowest BCUT2D eigenvalue weighted by atomic mass is 10.00. The lowest BCUT2D eigenvalue weighted by Gasteiger charge is -2.09. The number of H-pyrrole nitrogens is 1. The van der Waals surface area contributed by atoms with Gasteiger partial charge in [-0.2, -0.15) is 0 Å². The summed E-state index contributed by atoms with van der Waals surface area (Å²) in [5, 5.41) is 12.6. The van der Waals surface area contributed by atoms with Crippen LogP contribution in [-0.4, -0.2) is 30.4 Å². The number of carbonyl (C=O) groups is 1. The van der Waals surface area contributed by atoms with Gasteiger partial charge in [-0.1, -0.05) is 6.07 Å². The van der Waals surface area contributed by atoms with Crippen LogP contribution in [0.5, 0.6) is 0 Å². The van der Waals surface area contributed by atoms with Crippen LogP contribution in [0.2, 0.25) is 0 Å². The Labute approximate surface area is 148 Å². The van der Waals surface area contributed by atoms with Crippen molar-refractivity contribution in [3.63, 3.8) is 0 Å². The van der Waals surface area contributed by atoms with E-state index >= 15 is 0 Å². The number of aromatic amines is 1. The predicted molar refractivity (Wildman–Crippen MR) is 97.6 cm³/mol. The third kappa shape index (κ3) is 2.44. The Bertz CT molecular complexity index is 1140. The lowest BCUT2D eigenvalue weighted by molar-refractivity contribution is -0.117. The quantitative estimate of drug-likeness (QED) is 0.529. The van der Waals surface area contributed by atoms with Crippen LogP contribution in [0.1, 0.15) is 18.4 Å². The second kappa shape index (κ2) is 5.67. The normalized spacial score (nSPS) is 14.2. The van der Waals surface area contributed by atoms with Gasteiger partial charge in [0, 0.05) is 23.2 Å². The zero-order valence-corrected chi connectivity index (χ0v) is 13.9. The molecule has 0 saturated heterocycles. The molecule has 0 bridgehead atoms. The number of amides is 1. The summed E-state index contributed by atoms with van der Waals surface area (Å²) in [6.45, 7) is -0.0667. The molecule has 4 aromatic rings. The number of hydrogen-bond donors (Lipinski definition) is 3. The van der Waals surface area contributed by atoms with Crippen molar-refractivity contribution in [2.75, 3.05) is 5.32 Å². The Balaban J connectivity index is 1.59. The van der Waals surface area contributed by atoms with Crippen LogP contribution >= 0.6 is 0 Å². The number of anilines is 1. The van der Waals surface area contributed by atoms with E-state index in [4.69, 9.17) is 0 Å². The van der Waals surface area contributed by atoms with Crippen molar-refractivity contribution < 1.29 is 9.90 Å². The molecule has 1 aliphatic rings. The molecule has 3 N–H and O–H groups in total. The van der Waals surface area contributed by atoms with Crippen LogP contribution in [-0.2, 0) is 11.4 Å². The van der Waals surface area contributed by atoms with Gasteiger partial charge in [-0.25, -0.2) is 9.97 Å². The number of imidazole rings is 2. The maximum Gasteiger partial charge on any atom is 0.228 e. The number of aliphatic hydroxyl groups is 1. The van der Waals surface area contributed by atoms with Crippen molar-refractivity contribution in [3.05, 3.63) is 48.5 Å². The maximum absolute atomic E-state index is 11.9. The molecule has 1 aromatic carbocycles. The zero-order chi connectivity index (χ0) is 17.7. The van der Waals surface area contributed by atoms with Gasteiger partial charge in [0.1, 0.15) is 5.65 Å². The first kappa shape index (κ1) is 15.1. The molecular formula is C19H17N5O2. The molecule has 3 aromatic heterocycles. The number of rotatable bonds is 4. The first-order valence-corrected chi connectivity index (χ1v) is 8.59. The highest BCUT2D eigenvalue weighted by Gasteiger charge is 2.30. The van der Waals surface area contributed by atoms with Gasteiger partial charge in [-0.3, -0.25) is 4.79 Å². The van der Waals surface area contributed by atoms with Crippen LogP contribution in [0.25, 0.3) is 27.8 Å².